The van der Waals surface area contributed by atoms with Crippen molar-refractivity contribution in [1.29, 1.82) is 0 Å². The summed E-state index contributed by atoms with van der Waals surface area (Å²) in [5.74, 6) is 3.74. The minimum absolute atomic E-state index is 0.195. The van der Waals surface area contributed by atoms with Crippen LogP contribution in [0.1, 0.15) is 18.5 Å². The van der Waals surface area contributed by atoms with Crippen LogP contribution in [0.4, 0.5) is 4.79 Å². The summed E-state index contributed by atoms with van der Waals surface area (Å²) in [7, 11) is 0. The number of benzene rings is 1. The number of terminal acetylenes is 1. The number of halogens is 1. The molecule has 106 valence electrons. The molecule has 0 bridgehead atoms. The van der Waals surface area contributed by atoms with E-state index in [4.69, 9.17) is 15.9 Å². The van der Waals surface area contributed by atoms with Gasteiger partial charge in [0, 0.05) is 4.47 Å². The second-order valence-electron chi connectivity index (χ2n) is 4.27. The van der Waals surface area contributed by atoms with Gasteiger partial charge in [-0.15, -0.1) is 6.42 Å². The number of fused-ring (bicyclic) bond motifs is 1. The van der Waals surface area contributed by atoms with Crippen LogP contribution in [-0.4, -0.2) is 25.8 Å². The smallest absolute Gasteiger partial charge is 0.316 e. The number of amides is 2. The standard InChI is InChI=1S/C14H15BrN2O3/c1-3-4-16-14(18)17-9(2)10-7-12-13(8-11(10)15)20-6-5-19-12/h1,7-9H,4-6H2,2H3,(H2,16,17,18)/t9-/m0/s1. The van der Waals surface area contributed by atoms with Crippen LogP contribution in [-0.2, 0) is 0 Å². The molecule has 2 N–H and O–H groups in total. The molecule has 6 heteroatoms. The Morgan fingerprint density at radius 3 is 2.75 bits per heavy atom. The van der Waals surface area contributed by atoms with Crippen molar-refractivity contribution in [3.63, 3.8) is 0 Å². The Hall–Kier alpha value is -1.87. The zero-order chi connectivity index (χ0) is 14.5. The largest absolute Gasteiger partial charge is 0.486 e. The lowest BCUT2D eigenvalue weighted by Gasteiger charge is -2.22. The summed E-state index contributed by atoms with van der Waals surface area (Å²) in [5, 5.41) is 5.36. The van der Waals surface area contributed by atoms with E-state index in [0.29, 0.717) is 24.7 Å². The molecule has 1 atom stereocenters. The first kappa shape index (κ1) is 14.5. The zero-order valence-electron chi connectivity index (χ0n) is 11.0. The Kier molecular flexibility index (Phi) is 4.74. The molecule has 0 aromatic heterocycles. The van der Waals surface area contributed by atoms with E-state index in [1.54, 1.807) is 0 Å². The Labute approximate surface area is 126 Å². The number of carbonyl (C=O) groups excluding carboxylic acids is 1. The first-order valence-corrected chi connectivity index (χ1v) is 6.98. The quantitative estimate of drug-likeness (QED) is 0.831. The summed E-state index contributed by atoms with van der Waals surface area (Å²) >= 11 is 3.48. The lowest BCUT2D eigenvalue weighted by atomic mass is 10.1. The summed E-state index contributed by atoms with van der Waals surface area (Å²) in [6.07, 6.45) is 5.09. The van der Waals surface area contributed by atoms with Crippen molar-refractivity contribution < 1.29 is 14.3 Å². The van der Waals surface area contributed by atoms with Crippen LogP contribution < -0.4 is 20.1 Å². The third-order valence-electron chi connectivity index (χ3n) is 2.83. The molecule has 1 aliphatic heterocycles. The van der Waals surface area contributed by atoms with Crippen molar-refractivity contribution in [2.24, 2.45) is 0 Å². The molecular weight excluding hydrogens is 324 g/mol. The number of urea groups is 1. The lowest BCUT2D eigenvalue weighted by Crippen LogP contribution is -2.37. The summed E-state index contributed by atoms with van der Waals surface area (Å²) in [6.45, 7) is 3.14. The highest BCUT2D eigenvalue weighted by molar-refractivity contribution is 9.10. The predicted octanol–water partition coefficient (Wildman–Crippen LogP) is 2.21. The third kappa shape index (κ3) is 3.36. The second kappa shape index (κ2) is 6.53. The summed E-state index contributed by atoms with van der Waals surface area (Å²) < 4.78 is 11.9. The van der Waals surface area contributed by atoms with Gasteiger partial charge < -0.3 is 20.1 Å². The molecule has 1 heterocycles. The van der Waals surface area contributed by atoms with Gasteiger partial charge in [-0.05, 0) is 24.6 Å². The van der Waals surface area contributed by atoms with Crippen LogP contribution >= 0.6 is 15.9 Å². The van der Waals surface area contributed by atoms with E-state index >= 15 is 0 Å². The molecule has 20 heavy (non-hydrogen) atoms. The Bertz CT molecular complexity index is 554. The first-order valence-electron chi connectivity index (χ1n) is 6.18. The average molecular weight is 339 g/mol. The topological polar surface area (TPSA) is 59.6 Å². The average Bonchev–Trinajstić information content (AvgIpc) is 2.44. The summed E-state index contributed by atoms with van der Waals surface area (Å²) in [5.41, 5.74) is 0.908. The van der Waals surface area contributed by atoms with Gasteiger partial charge in [-0.1, -0.05) is 21.9 Å². The maximum atomic E-state index is 11.6. The molecule has 0 saturated heterocycles. The molecule has 1 aromatic carbocycles. The van der Waals surface area contributed by atoms with Crippen LogP contribution in [0, 0.1) is 12.3 Å². The molecule has 5 nitrogen and oxygen atoms in total. The van der Waals surface area contributed by atoms with Crippen LogP contribution in [0.25, 0.3) is 0 Å². The number of hydrogen-bond acceptors (Lipinski definition) is 3. The van der Waals surface area contributed by atoms with Gasteiger partial charge in [0.15, 0.2) is 11.5 Å². The van der Waals surface area contributed by atoms with Crippen molar-refractivity contribution in [2.75, 3.05) is 19.8 Å². The molecule has 2 rings (SSSR count). The molecule has 1 aliphatic rings. The number of nitrogens with one attached hydrogen (secondary N) is 2. The molecule has 2 amide bonds. The Morgan fingerprint density at radius 1 is 1.45 bits per heavy atom. The van der Waals surface area contributed by atoms with Gasteiger partial charge in [-0.25, -0.2) is 4.79 Å². The molecular formula is C14H15BrN2O3. The molecule has 0 fully saturated rings. The highest BCUT2D eigenvalue weighted by Gasteiger charge is 2.19. The second-order valence-corrected chi connectivity index (χ2v) is 5.12. The number of ether oxygens (including phenoxy) is 2. The van der Waals surface area contributed by atoms with Crippen molar-refractivity contribution >= 4 is 22.0 Å². The molecule has 0 radical (unpaired) electrons. The van der Waals surface area contributed by atoms with E-state index in [-0.39, 0.29) is 18.6 Å². The maximum absolute atomic E-state index is 11.6. The zero-order valence-corrected chi connectivity index (χ0v) is 12.6. The van der Waals surface area contributed by atoms with Crippen LogP contribution in [0.15, 0.2) is 16.6 Å². The minimum Gasteiger partial charge on any atom is -0.486 e. The van der Waals surface area contributed by atoms with Gasteiger partial charge >= 0.3 is 6.03 Å². The van der Waals surface area contributed by atoms with Crippen LogP contribution in [0.5, 0.6) is 11.5 Å². The number of carbonyl (C=O) groups is 1. The normalized spacial score (nSPS) is 14.1. The van der Waals surface area contributed by atoms with Gasteiger partial charge in [-0.2, -0.15) is 0 Å². The molecule has 1 aromatic rings. The third-order valence-corrected chi connectivity index (χ3v) is 3.51. The van der Waals surface area contributed by atoms with Crippen molar-refractivity contribution in [3.05, 3.63) is 22.2 Å². The molecule has 0 aliphatic carbocycles. The predicted molar refractivity (Wildman–Crippen MR) is 78.9 cm³/mol. The summed E-state index contributed by atoms with van der Waals surface area (Å²) in [4.78, 5) is 11.6. The maximum Gasteiger partial charge on any atom is 0.316 e. The fraction of sp³-hybridized carbons (Fsp3) is 0.357. The Morgan fingerprint density at radius 2 is 2.10 bits per heavy atom. The Balaban J connectivity index is 2.11. The van der Waals surface area contributed by atoms with E-state index in [0.717, 1.165) is 10.0 Å². The molecule has 0 unspecified atom stereocenters. The SMILES string of the molecule is C#CCNC(=O)N[C@@H](C)c1cc2c(cc1Br)OCCO2. The molecule has 0 spiro atoms. The van der Waals surface area contributed by atoms with E-state index in [2.05, 4.69) is 32.5 Å². The van der Waals surface area contributed by atoms with E-state index in [1.807, 2.05) is 19.1 Å². The van der Waals surface area contributed by atoms with Crippen molar-refractivity contribution in [3.8, 4) is 23.8 Å². The fourth-order valence-corrected chi connectivity index (χ4v) is 2.53. The highest BCUT2D eigenvalue weighted by atomic mass is 79.9. The van der Waals surface area contributed by atoms with Crippen molar-refractivity contribution in [1.82, 2.24) is 10.6 Å². The lowest BCUT2D eigenvalue weighted by molar-refractivity contribution is 0.171. The molecule has 0 saturated carbocycles. The first-order chi connectivity index (χ1) is 9.61. The van der Waals surface area contributed by atoms with E-state index in [9.17, 15) is 4.79 Å². The van der Waals surface area contributed by atoms with Crippen LogP contribution in [0.3, 0.4) is 0 Å². The number of hydrogen-bond donors (Lipinski definition) is 2. The van der Waals surface area contributed by atoms with Gasteiger partial charge in [0.2, 0.25) is 0 Å². The van der Waals surface area contributed by atoms with Gasteiger partial charge in [0.1, 0.15) is 13.2 Å². The van der Waals surface area contributed by atoms with Crippen molar-refractivity contribution in [2.45, 2.75) is 13.0 Å². The van der Waals surface area contributed by atoms with Gasteiger partial charge in [0.05, 0.1) is 12.6 Å². The summed E-state index contributed by atoms with van der Waals surface area (Å²) in [6, 6.07) is 3.21. The number of rotatable bonds is 3. The van der Waals surface area contributed by atoms with E-state index < -0.39 is 0 Å². The highest BCUT2D eigenvalue weighted by Crippen LogP contribution is 2.37. The monoisotopic (exact) mass is 338 g/mol. The van der Waals surface area contributed by atoms with Gasteiger partial charge in [0.25, 0.3) is 0 Å². The fourth-order valence-electron chi connectivity index (χ4n) is 1.87. The van der Waals surface area contributed by atoms with E-state index in [1.165, 1.54) is 0 Å². The van der Waals surface area contributed by atoms with Crippen LogP contribution in [0.2, 0.25) is 0 Å². The minimum atomic E-state index is -0.308. The van der Waals surface area contributed by atoms with Gasteiger partial charge in [-0.3, -0.25) is 0 Å².